The van der Waals surface area contributed by atoms with Crippen molar-refractivity contribution < 1.29 is 19.2 Å². The van der Waals surface area contributed by atoms with E-state index in [1.54, 1.807) is 0 Å². The molecule has 0 aromatic heterocycles. The number of hydrogen-bond acceptors (Lipinski definition) is 4. The highest BCUT2D eigenvalue weighted by molar-refractivity contribution is 5.90. The van der Waals surface area contributed by atoms with E-state index in [0.717, 1.165) is 16.7 Å². The molecule has 0 radical (unpaired) electrons. The summed E-state index contributed by atoms with van der Waals surface area (Å²) in [6.07, 6.45) is 2.84. The normalized spacial score (nSPS) is 11.3. The topological polar surface area (TPSA) is 55.8 Å². The van der Waals surface area contributed by atoms with Crippen molar-refractivity contribution in [1.82, 2.24) is 5.06 Å². The predicted molar refractivity (Wildman–Crippen MR) is 78.9 cm³/mol. The van der Waals surface area contributed by atoms with Gasteiger partial charge in [-0.25, -0.2) is 9.86 Å². The fraction of sp³-hybridized carbons (Fsp3) is 0.250. The second kappa shape index (κ2) is 8.71. The molecule has 5 nitrogen and oxygen atoms in total. The lowest BCUT2D eigenvalue weighted by Crippen LogP contribution is -2.44. The van der Waals surface area contributed by atoms with Crippen molar-refractivity contribution in [2.45, 2.75) is 19.1 Å². The Labute approximate surface area is 124 Å². The molecule has 1 amide bonds. The van der Waals surface area contributed by atoms with Crippen molar-refractivity contribution in [2.75, 3.05) is 7.11 Å². The number of ether oxygens (including phenoxy) is 1. The molecule has 5 heteroatoms. The molecule has 0 N–H and O–H groups in total. The van der Waals surface area contributed by atoms with Gasteiger partial charge >= 0.3 is 5.97 Å². The standard InChI is InChI=1S/C16H19NO4/c1-4-9-14(16(19)20-3)17(15(18)5-2)21-12-13-10-7-6-8-11-13/h4-8,10-11,14H,1-2,9,12H2,3H3. The Morgan fingerprint density at radius 2 is 1.95 bits per heavy atom. The first-order valence-corrected chi connectivity index (χ1v) is 6.45. The van der Waals surface area contributed by atoms with Gasteiger partial charge in [0.2, 0.25) is 0 Å². The first kappa shape index (κ1) is 16.7. The van der Waals surface area contributed by atoms with E-state index in [4.69, 9.17) is 9.57 Å². The van der Waals surface area contributed by atoms with Crippen LogP contribution >= 0.6 is 0 Å². The summed E-state index contributed by atoms with van der Waals surface area (Å²) in [7, 11) is 1.26. The molecule has 0 spiro atoms. The van der Waals surface area contributed by atoms with Gasteiger partial charge in [-0.2, -0.15) is 0 Å². The van der Waals surface area contributed by atoms with Gasteiger partial charge in [0, 0.05) is 0 Å². The summed E-state index contributed by atoms with van der Waals surface area (Å²) < 4.78 is 4.70. The van der Waals surface area contributed by atoms with Crippen molar-refractivity contribution in [3.63, 3.8) is 0 Å². The third-order valence-electron chi connectivity index (χ3n) is 2.75. The number of methoxy groups -OCH3 is 1. The Bertz CT molecular complexity index is 498. The fourth-order valence-electron chi connectivity index (χ4n) is 1.70. The Morgan fingerprint density at radius 3 is 2.48 bits per heavy atom. The zero-order valence-corrected chi connectivity index (χ0v) is 12.0. The Kier molecular flexibility index (Phi) is 6.91. The number of benzene rings is 1. The summed E-state index contributed by atoms with van der Waals surface area (Å²) in [6, 6.07) is 8.43. The van der Waals surface area contributed by atoms with Crippen LogP contribution in [0.2, 0.25) is 0 Å². The number of carbonyl (C=O) groups excluding carboxylic acids is 2. The molecule has 1 unspecified atom stereocenters. The number of amides is 1. The van der Waals surface area contributed by atoms with Crippen LogP contribution in [0.5, 0.6) is 0 Å². The van der Waals surface area contributed by atoms with E-state index in [9.17, 15) is 9.59 Å². The molecule has 1 rings (SSSR count). The van der Waals surface area contributed by atoms with Gasteiger partial charge in [-0.05, 0) is 18.1 Å². The van der Waals surface area contributed by atoms with E-state index >= 15 is 0 Å². The molecule has 0 aliphatic carbocycles. The minimum atomic E-state index is -0.887. The minimum absolute atomic E-state index is 0.158. The lowest BCUT2D eigenvalue weighted by molar-refractivity contribution is -0.208. The molecule has 0 aliphatic rings. The minimum Gasteiger partial charge on any atom is -0.467 e. The SMILES string of the molecule is C=CCC(C(=O)OC)N(OCc1ccccc1)C(=O)C=C. The lowest BCUT2D eigenvalue weighted by atomic mass is 10.2. The molecular formula is C16H19NO4. The largest absolute Gasteiger partial charge is 0.467 e. The molecule has 0 saturated heterocycles. The van der Waals surface area contributed by atoms with Crippen molar-refractivity contribution in [3.8, 4) is 0 Å². The zero-order chi connectivity index (χ0) is 15.7. The summed E-state index contributed by atoms with van der Waals surface area (Å²) in [4.78, 5) is 29.2. The number of hydroxylamine groups is 2. The van der Waals surface area contributed by atoms with Gasteiger partial charge in [-0.1, -0.05) is 43.0 Å². The summed E-state index contributed by atoms with van der Waals surface area (Å²) >= 11 is 0. The molecule has 0 saturated carbocycles. The van der Waals surface area contributed by atoms with Crippen LogP contribution < -0.4 is 0 Å². The van der Waals surface area contributed by atoms with E-state index in [-0.39, 0.29) is 13.0 Å². The highest BCUT2D eigenvalue weighted by Crippen LogP contribution is 2.12. The van der Waals surface area contributed by atoms with Crippen molar-refractivity contribution >= 4 is 11.9 Å². The maximum Gasteiger partial charge on any atom is 0.331 e. The Morgan fingerprint density at radius 1 is 1.29 bits per heavy atom. The first-order chi connectivity index (χ1) is 10.1. The maximum absolute atomic E-state index is 11.9. The number of carbonyl (C=O) groups is 2. The molecule has 0 bridgehead atoms. The van der Waals surface area contributed by atoms with E-state index < -0.39 is 17.9 Å². The zero-order valence-electron chi connectivity index (χ0n) is 12.0. The quantitative estimate of drug-likeness (QED) is 0.319. The van der Waals surface area contributed by atoms with Gasteiger partial charge in [0.05, 0.1) is 7.11 Å². The average Bonchev–Trinajstić information content (AvgIpc) is 2.53. The third-order valence-corrected chi connectivity index (χ3v) is 2.75. The number of hydrogen-bond donors (Lipinski definition) is 0. The molecule has 0 fully saturated rings. The van der Waals surface area contributed by atoms with Crippen LogP contribution in [0.4, 0.5) is 0 Å². The van der Waals surface area contributed by atoms with Crippen LogP contribution in [0.25, 0.3) is 0 Å². The van der Waals surface area contributed by atoms with E-state index in [1.165, 1.54) is 13.2 Å². The third kappa shape index (κ3) is 4.89. The van der Waals surface area contributed by atoms with E-state index in [2.05, 4.69) is 13.2 Å². The van der Waals surface area contributed by atoms with Gasteiger partial charge in [0.15, 0.2) is 6.04 Å². The van der Waals surface area contributed by atoms with Crippen LogP contribution in [-0.4, -0.2) is 30.1 Å². The molecule has 0 heterocycles. The second-order valence-electron chi connectivity index (χ2n) is 4.19. The average molecular weight is 289 g/mol. The van der Waals surface area contributed by atoms with Gasteiger partial charge in [0.1, 0.15) is 6.61 Å². The molecule has 21 heavy (non-hydrogen) atoms. The lowest BCUT2D eigenvalue weighted by Gasteiger charge is -2.27. The summed E-state index contributed by atoms with van der Waals surface area (Å²) in [5.41, 5.74) is 0.876. The molecule has 1 aromatic carbocycles. The number of esters is 1. The smallest absolute Gasteiger partial charge is 0.331 e. The van der Waals surface area contributed by atoms with Crippen molar-refractivity contribution in [1.29, 1.82) is 0 Å². The summed E-state index contributed by atoms with van der Waals surface area (Å²) in [5.74, 6) is -1.08. The van der Waals surface area contributed by atoms with Crippen molar-refractivity contribution in [2.24, 2.45) is 0 Å². The van der Waals surface area contributed by atoms with Crippen LogP contribution in [0.3, 0.4) is 0 Å². The highest BCUT2D eigenvalue weighted by Gasteiger charge is 2.29. The maximum atomic E-state index is 11.9. The van der Waals surface area contributed by atoms with Crippen LogP contribution in [0.1, 0.15) is 12.0 Å². The van der Waals surface area contributed by atoms with E-state index in [0.29, 0.717) is 0 Å². The Hall–Kier alpha value is -2.40. The fourth-order valence-corrected chi connectivity index (χ4v) is 1.70. The second-order valence-corrected chi connectivity index (χ2v) is 4.19. The molecule has 1 atom stereocenters. The molecule has 1 aromatic rings. The molecule has 112 valence electrons. The van der Waals surface area contributed by atoms with Crippen LogP contribution in [0, 0.1) is 0 Å². The summed E-state index contributed by atoms with van der Waals surface area (Å²) in [5, 5.41) is 0.980. The van der Waals surface area contributed by atoms with Gasteiger partial charge in [-0.15, -0.1) is 6.58 Å². The first-order valence-electron chi connectivity index (χ1n) is 6.45. The molecule has 0 aliphatic heterocycles. The van der Waals surface area contributed by atoms with Gasteiger partial charge < -0.3 is 4.74 Å². The van der Waals surface area contributed by atoms with E-state index in [1.807, 2.05) is 30.3 Å². The van der Waals surface area contributed by atoms with Crippen LogP contribution in [0.15, 0.2) is 55.6 Å². The monoisotopic (exact) mass is 289 g/mol. The Balaban J connectivity index is 2.87. The van der Waals surface area contributed by atoms with Crippen LogP contribution in [-0.2, 0) is 25.8 Å². The predicted octanol–water partition coefficient (Wildman–Crippen LogP) is 2.25. The van der Waals surface area contributed by atoms with Crippen molar-refractivity contribution in [3.05, 3.63) is 61.2 Å². The summed E-state index contributed by atoms with van der Waals surface area (Å²) in [6.45, 7) is 7.15. The highest BCUT2D eigenvalue weighted by atomic mass is 16.7. The number of rotatable bonds is 8. The number of nitrogens with zero attached hydrogens (tertiary/aromatic N) is 1. The molecular weight excluding hydrogens is 270 g/mol. The van der Waals surface area contributed by atoms with Gasteiger partial charge in [0.25, 0.3) is 5.91 Å². The van der Waals surface area contributed by atoms with Gasteiger partial charge in [-0.3, -0.25) is 9.63 Å².